The molecule has 2 aliphatic heterocycles. The fourth-order valence-electron chi connectivity index (χ4n) is 2.44. The average Bonchev–Trinajstić information content (AvgIpc) is 2.79. The van der Waals surface area contributed by atoms with Gasteiger partial charge in [0.05, 0.1) is 13.7 Å². The summed E-state index contributed by atoms with van der Waals surface area (Å²) >= 11 is 9.31. The summed E-state index contributed by atoms with van der Waals surface area (Å²) in [6, 6.07) is 4.93. The zero-order valence-corrected chi connectivity index (χ0v) is 14.0. The highest BCUT2D eigenvalue weighted by Gasteiger charge is 2.46. The third kappa shape index (κ3) is 3.00. The van der Waals surface area contributed by atoms with Gasteiger partial charge in [0.15, 0.2) is 0 Å². The van der Waals surface area contributed by atoms with E-state index in [0.29, 0.717) is 16.3 Å². The molecule has 126 valence electrons. The van der Waals surface area contributed by atoms with Crippen LogP contribution in [0.5, 0.6) is 0 Å². The number of ether oxygens (including phenoxy) is 2. The fraction of sp³-hybridized carbons (Fsp3) is 0.500. The van der Waals surface area contributed by atoms with Crippen molar-refractivity contribution < 1.29 is 31.3 Å². The van der Waals surface area contributed by atoms with E-state index in [9.17, 15) is 20.4 Å². The van der Waals surface area contributed by atoms with Gasteiger partial charge in [0.2, 0.25) is 12.2 Å². The van der Waals surface area contributed by atoms with Gasteiger partial charge in [-0.25, -0.2) is 4.99 Å². The topological polar surface area (TPSA) is 112 Å². The molecule has 1 aromatic carbocycles. The molecule has 0 bridgehead atoms. The van der Waals surface area contributed by atoms with Crippen LogP contribution in [-0.2, 0) is 9.47 Å². The first kappa shape index (κ1) is 15.8. The molecule has 2 heterocycles. The third-order valence-corrected chi connectivity index (χ3v) is 4.75. The van der Waals surface area contributed by atoms with Crippen molar-refractivity contribution in [1.82, 2.24) is 0 Å². The van der Waals surface area contributed by atoms with E-state index < -0.39 is 42.1 Å². The van der Waals surface area contributed by atoms with Crippen molar-refractivity contribution in [3.05, 3.63) is 28.8 Å². The molecule has 1 fully saturated rings. The maximum Gasteiger partial charge on any atom is 0.230 e. The van der Waals surface area contributed by atoms with E-state index in [1.165, 1.54) is 0 Å². The van der Waals surface area contributed by atoms with Crippen LogP contribution in [0, 0.1) is 0 Å². The molecular weight excluding hydrogens is 394 g/mol. The van der Waals surface area contributed by atoms with Crippen molar-refractivity contribution >= 4 is 39.1 Å². The van der Waals surface area contributed by atoms with Gasteiger partial charge in [-0.15, -0.1) is 0 Å². The maximum atomic E-state index is 10.0. The Kier molecular flexibility index (Phi) is 4.55. The highest BCUT2D eigenvalue weighted by Crippen LogP contribution is 2.44. The lowest BCUT2D eigenvalue weighted by Crippen LogP contribution is -2.59. The summed E-state index contributed by atoms with van der Waals surface area (Å²) in [5, 5.41) is 39.1. The van der Waals surface area contributed by atoms with Crippen molar-refractivity contribution in [2.75, 3.05) is 6.61 Å². The predicted molar refractivity (Wildman–Crippen MR) is 85.1 cm³/mol. The Morgan fingerprint density at radius 1 is 1.30 bits per heavy atom. The Balaban J connectivity index is 1.85. The van der Waals surface area contributed by atoms with E-state index in [0.717, 1.165) is 0 Å². The summed E-state index contributed by atoms with van der Waals surface area (Å²) in [4.78, 5) is 2.57. The quantitative estimate of drug-likeness (QED) is 0.533. The van der Waals surface area contributed by atoms with Gasteiger partial charge in [0.1, 0.15) is 29.2 Å². The molecule has 0 aliphatic carbocycles. The number of nitrogens with zero attached hydrogens (tertiary/aromatic N) is 1. The molecule has 0 spiro atoms. The highest BCUT2D eigenvalue weighted by molar-refractivity contribution is 9.09. The van der Waals surface area contributed by atoms with Gasteiger partial charge in [0.25, 0.3) is 0 Å². The lowest BCUT2D eigenvalue weighted by Gasteiger charge is -2.39. The minimum absolute atomic E-state index is 0.144. The van der Waals surface area contributed by atoms with Gasteiger partial charge in [-0.2, -0.15) is 0 Å². The van der Waals surface area contributed by atoms with Crippen LogP contribution in [0.2, 0.25) is 5.02 Å². The maximum absolute atomic E-state index is 10.0. The van der Waals surface area contributed by atoms with Crippen LogP contribution in [0.1, 0.15) is 11.7 Å². The van der Waals surface area contributed by atoms with Crippen molar-refractivity contribution in [1.29, 1.82) is 0 Å². The number of alkyl halides is 1. The van der Waals surface area contributed by atoms with E-state index in [2.05, 4.69) is 20.9 Å². The normalized spacial score (nSPS) is 40.3. The first-order valence-electron chi connectivity index (χ1n) is 7.31. The van der Waals surface area contributed by atoms with Crippen molar-refractivity contribution in [3.63, 3.8) is 0 Å². The van der Waals surface area contributed by atoms with E-state index >= 15 is 0 Å². The zero-order chi connectivity index (χ0) is 17.6. The minimum atomic E-state index is -1.60. The number of benzene rings is 1. The third-order valence-electron chi connectivity index (χ3n) is 3.70. The largest absolute Gasteiger partial charge is 0.447 e. The smallest absolute Gasteiger partial charge is 0.230 e. The molecular formula is C14H15BrClNO6. The summed E-state index contributed by atoms with van der Waals surface area (Å²) in [6.07, 6.45) is -7.20. The Morgan fingerprint density at radius 3 is 2.70 bits per heavy atom. The molecule has 9 heteroatoms. The lowest BCUT2D eigenvalue weighted by molar-refractivity contribution is -0.281. The van der Waals surface area contributed by atoms with Crippen LogP contribution < -0.4 is 0 Å². The Bertz CT molecular complexity index is 673. The van der Waals surface area contributed by atoms with Gasteiger partial charge >= 0.3 is 0 Å². The number of hydrogen-bond donors (Lipinski definition) is 4. The minimum Gasteiger partial charge on any atom is -0.447 e. The van der Waals surface area contributed by atoms with E-state index in [-0.39, 0.29) is 5.90 Å². The van der Waals surface area contributed by atoms with Crippen LogP contribution in [0.25, 0.3) is 0 Å². The summed E-state index contributed by atoms with van der Waals surface area (Å²) in [7, 11) is 0. The van der Waals surface area contributed by atoms with Gasteiger partial charge in [0, 0.05) is 10.6 Å². The zero-order valence-electron chi connectivity index (χ0n) is 12.6. The van der Waals surface area contributed by atoms with Crippen LogP contribution in [0.15, 0.2) is 23.2 Å². The number of aliphatic imine (C=N–C) groups is 1. The Morgan fingerprint density at radius 2 is 2.04 bits per heavy atom. The predicted octanol–water partition coefficient (Wildman–Crippen LogP) is 0.636. The molecule has 0 aromatic heterocycles. The van der Waals surface area contributed by atoms with Crippen molar-refractivity contribution in [3.8, 4) is 0 Å². The second kappa shape index (κ2) is 6.64. The number of halogens is 2. The molecule has 1 aromatic rings. The molecule has 2 aliphatic rings. The van der Waals surface area contributed by atoms with Crippen LogP contribution in [0.4, 0.5) is 5.69 Å². The van der Waals surface area contributed by atoms with Gasteiger partial charge in [-0.05, 0) is 12.1 Å². The van der Waals surface area contributed by atoms with Crippen molar-refractivity contribution in [2.45, 2.75) is 35.5 Å². The molecule has 2 unspecified atom stereocenters. The molecule has 6 atom stereocenters. The molecule has 0 radical (unpaired) electrons. The molecule has 0 amide bonds. The van der Waals surface area contributed by atoms with E-state index in [1.807, 2.05) is 0 Å². The van der Waals surface area contributed by atoms with Gasteiger partial charge < -0.3 is 29.9 Å². The molecule has 0 saturated carbocycles. The summed E-state index contributed by atoms with van der Waals surface area (Å²) in [5.74, 6) is -0.144. The standard InChI is InChI=1S/C14H15BrClNO6/c15-9-8-5(16)2-1-3-6(8)17-13(9)23-14-12(21)11(20)10(19)7(4-18)22-14/h1-3,7,9-12,14,18-21H,4H2/t7-,9?,10+,11+,12-,14?/m1/s1/i9D. The van der Waals surface area contributed by atoms with Crippen LogP contribution >= 0.6 is 27.5 Å². The first-order valence-corrected chi connectivity index (χ1v) is 7.98. The molecule has 7 nitrogen and oxygen atoms in total. The molecule has 3 rings (SSSR count). The second-order valence-corrected chi connectivity index (χ2v) is 6.38. The lowest BCUT2D eigenvalue weighted by atomic mass is 9.99. The molecule has 1 saturated heterocycles. The van der Waals surface area contributed by atoms with Gasteiger partial charge in [-0.1, -0.05) is 33.6 Å². The number of rotatable bonds is 2. The second-order valence-electron chi connectivity index (χ2n) is 5.18. The van der Waals surface area contributed by atoms with E-state index in [1.54, 1.807) is 18.2 Å². The number of aliphatic hydroxyl groups is 4. The monoisotopic (exact) mass is 408 g/mol. The Hall–Kier alpha value is -0.740. The highest BCUT2D eigenvalue weighted by atomic mass is 79.9. The average molecular weight is 410 g/mol. The number of hydrogen-bond acceptors (Lipinski definition) is 7. The molecule has 23 heavy (non-hydrogen) atoms. The summed E-state index contributed by atoms with van der Waals surface area (Å²) in [6.45, 7) is -0.580. The Labute approximate surface area is 146 Å². The van der Waals surface area contributed by atoms with Crippen molar-refractivity contribution in [2.24, 2.45) is 4.99 Å². The number of fused-ring (bicyclic) bond motifs is 1. The molecule has 4 N–H and O–H groups in total. The van der Waals surface area contributed by atoms with Crippen LogP contribution in [0.3, 0.4) is 0 Å². The number of aliphatic hydroxyl groups excluding tert-OH is 4. The summed E-state index contributed by atoms with van der Waals surface area (Å²) < 4.78 is 19.1. The van der Waals surface area contributed by atoms with Gasteiger partial charge in [-0.3, -0.25) is 0 Å². The van der Waals surface area contributed by atoms with E-state index in [4.69, 9.17) is 22.4 Å². The SMILES string of the molecule is [2H]C1(Br)C(OC2O[C@H](CO)[C@H](O)[C@H](O)[C@H]2O)=Nc2cccc(Cl)c21. The summed E-state index contributed by atoms with van der Waals surface area (Å²) in [5.41, 5.74) is 0.806. The first-order chi connectivity index (χ1) is 11.3. The fourth-order valence-corrected chi connectivity index (χ4v) is 3.42. The van der Waals surface area contributed by atoms with Crippen LogP contribution in [-0.4, -0.2) is 63.6 Å².